The van der Waals surface area contributed by atoms with Crippen molar-refractivity contribution in [3.63, 3.8) is 0 Å². The highest BCUT2D eigenvalue weighted by Crippen LogP contribution is 2.23. The molecule has 2 heterocycles. The third kappa shape index (κ3) is 1.98. The summed E-state index contributed by atoms with van der Waals surface area (Å²) < 4.78 is 0. The van der Waals surface area contributed by atoms with E-state index in [-0.39, 0.29) is 5.92 Å². The molecule has 2 rings (SSSR count). The fourth-order valence-corrected chi connectivity index (χ4v) is 2.11. The number of hydrogen-bond acceptors (Lipinski definition) is 3. The molecule has 1 fully saturated rings. The minimum Gasteiger partial charge on any atom is -0.481 e. The number of carboxylic acid groups (broad SMARTS) is 1. The van der Waals surface area contributed by atoms with E-state index in [0.29, 0.717) is 6.54 Å². The molecular weight excluding hydrogens is 192 g/mol. The topological polar surface area (TPSA) is 43.8 Å². The number of carboxylic acids is 1. The van der Waals surface area contributed by atoms with Crippen molar-refractivity contribution < 1.29 is 9.90 Å². The number of nitrogens with zero attached hydrogens (tertiary/aromatic N) is 2. The van der Waals surface area contributed by atoms with Gasteiger partial charge >= 0.3 is 5.97 Å². The highest BCUT2D eigenvalue weighted by atomic mass is 16.4. The number of hydrogen-bond donors (Lipinski definition) is 1. The van der Waals surface area contributed by atoms with Gasteiger partial charge in [0.15, 0.2) is 0 Å². The first-order valence-corrected chi connectivity index (χ1v) is 5.24. The van der Waals surface area contributed by atoms with Crippen LogP contribution in [-0.4, -0.2) is 47.6 Å². The molecule has 1 N–H and O–H groups in total. The second kappa shape index (κ2) is 3.96. The second-order valence-electron chi connectivity index (χ2n) is 4.10. The van der Waals surface area contributed by atoms with Crippen molar-refractivity contribution in [1.29, 1.82) is 0 Å². The molecule has 0 amide bonds. The van der Waals surface area contributed by atoms with Crippen molar-refractivity contribution in [2.45, 2.75) is 6.42 Å². The molecule has 0 spiro atoms. The summed E-state index contributed by atoms with van der Waals surface area (Å²) >= 11 is 0. The standard InChI is InChI=1S/C11H16N2O2/c1-12-6-3-2-4-10(12)13-7-5-9(8-13)11(14)15/h2-4,9H,5-8H2,1H3,(H,14,15). The van der Waals surface area contributed by atoms with Crippen LogP contribution in [0.3, 0.4) is 0 Å². The van der Waals surface area contributed by atoms with Gasteiger partial charge in [-0.2, -0.15) is 0 Å². The summed E-state index contributed by atoms with van der Waals surface area (Å²) in [6, 6.07) is 0. The molecule has 4 nitrogen and oxygen atoms in total. The summed E-state index contributed by atoms with van der Waals surface area (Å²) in [5, 5.41) is 8.92. The predicted molar refractivity (Wildman–Crippen MR) is 57.2 cm³/mol. The molecule has 0 bridgehead atoms. The van der Waals surface area contributed by atoms with Crippen LogP contribution in [0.1, 0.15) is 6.42 Å². The zero-order chi connectivity index (χ0) is 10.8. The molecule has 2 aliphatic heterocycles. The van der Waals surface area contributed by atoms with E-state index in [1.54, 1.807) is 0 Å². The van der Waals surface area contributed by atoms with Gasteiger partial charge in [0.05, 0.1) is 5.92 Å². The maximum absolute atomic E-state index is 10.8. The first-order valence-electron chi connectivity index (χ1n) is 5.24. The van der Waals surface area contributed by atoms with Gasteiger partial charge in [0.1, 0.15) is 5.82 Å². The Morgan fingerprint density at radius 2 is 2.40 bits per heavy atom. The lowest BCUT2D eigenvalue weighted by Crippen LogP contribution is -2.33. The van der Waals surface area contributed by atoms with E-state index in [2.05, 4.69) is 15.9 Å². The molecule has 82 valence electrons. The van der Waals surface area contributed by atoms with Gasteiger partial charge in [-0.1, -0.05) is 12.2 Å². The van der Waals surface area contributed by atoms with E-state index >= 15 is 0 Å². The van der Waals surface area contributed by atoms with Crippen LogP contribution in [0.4, 0.5) is 0 Å². The molecule has 0 saturated carbocycles. The Kier molecular flexibility index (Phi) is 2.66. The van der Waals surface area contributed by atoms with Gasteiger partial charge in [-0.15, -0.1) is 0 Å². The molecule has 0 radical (unpaired) electrons. The van der Waals surface area contributed by atoms with E-state index < -0.39 is 5.97 Å². The van der Waals surface area contributed by atoms with Crippen LogP contribution in [0.15, 0.2) is 24.0 Å². The Morgan fingerprint density at radius 3 is 3.00 bits per heavy atom. The van der Waals surface area contributed by atoms with Crippen molar-refractivity contribution in [2.24, 2.45) is 5.92 Å². The molecule has 1 saturated heterocycles. The van der Waals surface area contributed by atoms with Crippen LogP contribution in [0, 0.1) is 5.92 Å². The first kappa shape index (κ1) is 10.1. The number of rotatable bonds is 2. The number of likely N-dealkylation sites (tertiary alicyclic amines) is 1. The van der Waals surface area contributed by atoms with Crippen molar-refractivity contribution in [3.05, 3.63) is 24.0 Å². The quantitative estimate of drug-likeness (QED) is 0.726. The minimum atomic E-state index is -0.674. The van der Waals surface area contributed by atoms with E-state index in [1.165, 1.54) is 0 Å². The Morgan fingerprint density at radius 1 is 1.60 bits per heavy atom. The van der Waals surface area contributed by atoms with Crippen molar-refractivity contribution in [1.82, 2.24) is 9.80 Å². The molecule has 0 aromatic carbocycles. The summed E-state index contributed by atoms with van der Waals surface area (Å²) in [7, 11) is 2.03. The van der Waals surface area contributed by atoms with Gasteiger partial charge in [-0.3, -0.25) is 4.79 Å². The summed E-state index contributed by atoms with van der Waals surface area (Å²) in [6.07, 6.45) is 6.93. The van der Waals surface area contributed by atoms with Gasteiger partial charge < -0.3 is 14.9 Å². The van der Waals surface area contributed by atoms with Crippen molar-refractivity contribution in [3.8, 4) is 0 Å². The highest BCUT2D eigenvalue weighted by Gasteiger charge is 2.30. The van der Waals surface area contributed by atoms with Gasteiger partial charge in [0, 0.05) is 26.7 Å². The van der Waals surface area contributed by atoms with E-state index in [9.17, 15) is 4.79 Å². The van der Waals surface area contributed by atoms with Crippen molar-refractivity contribution >= 4 is 5.97 Å². The monoisotopic (exact) mass is 208 g/mol. The first-order chi connectivity index (χ1) is 7.18. The fourth-order valence-electron chi connectivity index (χ4n) is 2.11. The molecule has 0 aromatic rings. The molecule has 1 atom stereocenters. The lowest BCUT2D eigenvalue weighted by Gasteiger charge is -2.31. The van der Waals surface area contributed by atoms with E-state index in [4.69, 9.17) is 5.11 Å². The summed E-state index contributed by atoms with van der Waals surface area (Å²) in [4.78, 5) is 15.1. The van der Waals surface area contributed by atoms with Gasteiger partial charge in [0.25, 0.3) is 0 Å². The SMILES string of the molecule is CN1CC=CC=C1N1CCC(C(=O)O)C1. The second-order valence-corrected chi connectivity index (χ2v) is 4.10. The Balaban J connectivity index is 2.04. The average molecular weight is 208 g/mol. The molecule has 0 aromatic heterocycles. The summed E-state index contributed by atoms with van der Waals surface area (Å²) in [5.74, 6) is 0.263. The smallest absolute Gasteiger partial charge is 0.308 e. The lowest BCUT2D eigenvalue weighted by atomic mass is 10.1. The number of carbonyl (C=O) groups is 1. The van der Waals surface area contributed by atoms with Crippen LogP contribution in [0.5, 0.6) is 0 Å². The number of allylic oxidation sites excluding steroid dienone is 2. The third-order valence-electron chi connectivity index (χ3n) is 3.01. The maximum Gasteiger partial charge on any atom is 0.308 e. The van der Waals surface area contributed by atoms with Gasteiger partial charge in [-0.25, -0.2) is 0 Å². The molecule has 1 unspecified atom stereocenters. The lowest BCUT2D eigenvalue weighted by molar-refractivity contribution is -0.141. The van der Waals surface area contributed by atoms with Gasteiger partial charge in [-0.05, 0) is 12.5 Å². The van der Waals surface area contributed by atoms with Crippen LogP contribution >= 0.6 is 0 Å². The molecule has 0 aliphatic carbocycles. The van der Waals surface area contributed by atoms with Crippen LogP contribution in [-0.2, 0) is 4.79 Å². The Hall–Kier alpha value is -1.45. The largest absolute Gasteiger partial charge is 0.481 e. The van der Waals surface area contributed by atoms with Crippen molar-refractivity contribution in [2.75, 3.05) is 26.7 Å². The maximum atomic E-state index is 10.8. The Labute approximate surface area is 89.5 Å². The number of likely N-dealkylation sites (N-methyl/N-ethyl adjacent to an activating group) is 1. The Bertz CT molecular complexity index is 323. The molecule has 4 heteroatoms. The van der Waals surface area contributed by atoms with Crippen LogP contribution in [0.2, 0.25) is 0 Å². The van der Waals surface area contributed by atoms with E-state index in [0.717, 1.165) is 25.3 Å². The van der Waals surface area contributed by atoms with Crippen LogP contribution in [0.25, 0.3) is 0 Å². The molecule has 2 aliphatic rings. The zero-order valence-electron chi connectivity index (χ0n) is 8.89. The molecule has 15 heavy (non-hydrogen) atoms. The summed E-state index contributed by atoms with van der Waals surface area (Å²) in [6.45, 7) is 2.39. The summed E-state index contributed by atoms with van der Waals surface area (Å²) in [5.41, 5.74) is 0. The van der Waals surface area contributed by atoms with Crippen LogP contribution < -0.4 is 0 Å². The normalized spacial score (nSPS) is 25.7. The predicted octanol–water partition coefficient (Wildman–Crippen LogP) is 0.736. The van der Waals surface area contributed by atoms with E-state index in [1.807, 2.05) is 19.2 Å². The number of aliphatic carboxylic acids is 1. The van der Waals surface area contributed by atoms with Gasteiger partial charge in [0.2, 0.25) is 0 Å². The highest BCUT2D eigenvalue weighted by molar-refractivity contribution is 5.70. The molecular formula is C11H16N2O2. The zero-order valence-corrected chi connectivity index (χ0v) is 8.89. The minimum absolute atomic E-state index is 0.204. The fraction of sp³-hybridized carbons (Fsp3) is 0.545. The third-order valence-corrected chi connectivity index (χ3v) is 3.01. The average Bonchev–Trinajstić information content (AvgIpc) is 2.67.